The van der Waals surface area contributed by atoms with Crippen LogP contribution in [0.25, 0.3) is 0 Å². The van der Waals surface area contributed by atoms with E-state index in [0.717, 1.165) is 30.0 Å². The first-order chi connectivity index (χ1) is 10.2. The Bertz CT molecular complexity index is 414. The van der Waals surface area contributed by atoms with Crippen LogP contribution in [0.4, 0.5) is 0 Å². The molecule has 0 saturated heterocycles. The van der Waals surface area contributed by atoms with Crippen LogP contribution in [0.15, 0.2) is 24.3 Å². The third-order valence-electron chi connectivity index (χ3n) is 5.20. The Kier molecular flexibility index (Phi) is 6.10. The predicted octanol–water partition coefficient (Wildman–Crippen LogP) is 4.81. The van der Waals surface area contributed by atoms with Crippen LogP contribution >= 0.6 is 0 Å². The maximum atomic E-state index is 5.29. The van der Waals surface area contributed by atoms with Crippen molar-refractivity contribution in [1.82, 2.24) is 5.32 Å². The van der Waals surface area contributed by atoms with Crippen molar-refractivity contribution in [3.63, 3.8) is 0 Å². The van der Waals surface area contributed by atoms with Gasteiger partial charge in [0.1, 0.15) is 5.75 Å². The van der Waals surface area contributed by atoms with Crippen molar-refractivity contribution < 1.29 is 4.74 Å². The van der Waals surface area contributed by atoms with Crippen LogP contribution in [0, 0.1) is 17.8 Å². The van der Waals surface area contributed by atoms with Gasteiger partial charge in [-0.1, -0.05) is 39.3 Å². The average Bonchev–Trinajstić information content (AvgIpc) is 2.51. The van der Waals surface area contributed by atoms with E-state index in [-0.39, 0.29) is 0 Å². The maximum Gasteiger partial charge on any atom is 0.118 e. The molecule has 0 bridgehead atoms. The smallest absolute Gasteiger partial charge is 0.118 e. The van der Waals surface area contributed by atoms with Gasteiger partial charge in [0.2, 0.25) is 0 Å². The molecule has 0 heterocycles. The fourth-order valence-corrected chi connectivity index (χ4v) is 3.56. The summed E-state index contributed by atoms with van der Waals surface area (Å²) in [5.41, 5.74) is 1.41. The molecule has 2 heteroatoms. The minimum Gasteiger partial charge on any atom is -0.497 e. The van der Waals surface area contributed by atoms with E-state index in [1.54, 1.807) is 7.11 Å². The fraction of sp³-hybridized carbons (Fsp3) is 0.684. The molecule has 118 valence electrons. The van der Waals surface area contributed by atoms with Crippen molar-refractivity contribution in [1.29, 1.82) is 0 Å². The second-order valence-corrected chi connectivity index (χ2v) is 6.73. The van der Waals surface area contributed by atoms with Crippen LogP contribution in [-0.4, -0.2) is 13.7 Å². The first-order valence-electron chi connectivity index (χ1n) is 8.53. The lowest BCUT2D eigenvalue weighted by molar-refractivity contribution is 0.171. The SMILES string of the molecule is CCCNC(c1ccc(OC)cc1)C1CCC(C)C(C)C1. The first-order valence-corrected chi connectivity index (χ1v) is 8.53. The van der Waals surface area contributed by atoms with Gasteiger partial charge in [-0.25, -0.2) is 0 Å². The molecular formula is C19H31NO. The summed E-state index contributed by atoms with van der Waals surface area (Å²) in [6.45, 7) is 8.16. The summed E-state index contributed by atoms with van der Waals surface area (Å²) in [5.74, 6) is 3.42. The first kappa shape index (κ1) is 16.4. The van der Waals surface area contributed by atoms with Crippen LogP contribution in [0.5, 0.6) is 5.75 Å². The minimum absolute atomic E-state index is 0.491. The highest BCUT2D eigenvalue weighted by Crippen LogP contribution is 2.40. The number of hydrogen-bond donors (Lipinski definition) is 1. The highest BCUT2D eigenvalue weighted by Gasteiger charge is 2.30. The number of nitrogens with one attached hydrogen (secondary N) is 1. The summed E-state index contributed by atoms with van der Waals surface area (Å²) >= 11 is 0. The molecule has 0 amide bonds. The largest absolute Gasteiger partial charge is 0.497 e. The molecule has 1 aromatic carbocycles. The van der Waals surface area contributed by atoms with Gasteiger partial charge in [0.15, 0.2) is 0 Å². The summed E-state index contributed by atoms with van der Waals surface area (Å²) < 4.78 is 5.29. The van der Waals surface area contributed by atoms with E-state index >= 15 is 0 Å². The molecule has 0 radical (unpaired) electrons. The zero-order chi connectivity index (χ0) is 15.2. The third kappa shape index (κ3) is 4.23. The predicted molar refractivity (Wildman–Crippen MR) is 89.7 cm³/mol. The molecule has 1 N–H and O–H groups in total. The zero-order valence-corrected chi connectivity index (χ0v) is 14.1. The molecular weight excluding hydrogens is 258 g/mol. The van der Waals surface area contributed by atoms with Crippen LogP contribution in [-0.2, 0) is 0 Å². The Labute approximate surface area is 130 Å². The standard InChI is InChI=1S/C19H31NO/c1-5-12-20-19(16-8-10-18(21-4)11-9-16)17-7-6-14(2)15(3)13-17/h8-11,14-15,17,19-20H,5-7,12-13H2,1-4H3. The van der Waals surface area contributed by atoms with E-state index in [1.807, 2.05) is 0 Å². The topological polar surface area (TPSA) is 21.3 Å². The normalized spacial score (nSPS) is 27.3. The molecule has 2 nitrogen and oxygen atoms in total. The van der Waals surface area contributed by atoms with E-state index in [0.29, 0.717) is 6.04 Å². The monoisotopic (exact) mass is 289 g/mol. The van der Waals surface area contributed by atoms with Gasteiger partial charge in [-0.15, -0.1) is 0 Å². The lowest BCUT2D eigenvalue weighted by atomic mass is 9.72. The van der Waals surface area contributed by atoms with Crippen LogP contribution in [0.2, 0.25) is 0 Å². The number of methoxy groups -OCH3 is 1. The Hall–Kier alpha value is -1.02. The van der Waals surface area contributed by atoms with Gasteiger partial charge in [0, 0.05) is 6.04 Å². The Balaban J connectivity index is 2.12. The molecule has 1 saturated carbocycles. The highest BCUT2D eigenvalue weighted by molar-refractivity contribution is 5.29. The molecule has 21 heavy (non-hydrogen) atoms. The van der Waals surface area contributed by atoms with Crippen molar-refractivity contribution in [3.05, 3.63) is 29.8 Å². The van der Waals surface area contributed by atoms with Crippen LogP contribution in [0.3, 0.4) is 0 Å². The van der Waals surface area contributed by atoms with E-state index in [2.05, 4.69) is 50.4 Å². The van der Waals surface area contributed by atoms with Gasteiger partial charge in [0.25, 0.3) is 0 Å². The summed E-state index contributed by atoms with van der Waals surface area (Å²) in [6.07, 6.45) is 5.24. The van der Waals surface area contributed by atoms with Gasteiger partial charge in [-0.05, 0) is 61.3 Å². The van der Waals surface area contributed by atoms with E-state index < -0.39 is 0 Å². The van der Waals surface area contributed by atoms with Gasteiger partial charge in [-0.2, -0.15) is 0 Å². The fourth-order valence-electron chi connectivity index (χ4n) is 3.56. The minimum atomic E-state index is 0.491. The van der Waals surface area contributed by atoms with Crippen molar-refractivity contribution >= 4 is 0 Å². The van der Waals surface area contributed by atoms with Gasteiger partial charge in [-0.3, -0.25) is 0 Å². The van der Waals surface area contributed by atoms with Crippen molar-refractivity contribution in [3.8, 4) is 5.75 Å². The van der Waals surface area contributed by atoms with Crippen molar-refractivity contribution in [2.24, 2.45) is 17.8 Å². The molecule has 1 aromatic rings. The second kappa shape index (κ2) is 7.84. The van der Waals surface area contributed by atoms with E-state index in [4.69, 9.17) is 4.74 Å². The highest BCUT2D eigenvalue weighted by atomic mass is 16.5. The quantitative estimate of drug-likeness (QED) is 0.811. The number of hydrogen-bond acceptors (Lipinski definition) is 2. The Morgan fingerprint density at radius 2 is 1.86 bits per heavy atom. The van der Waals surface area contributed by atoms with Crippen molar-refractivity contribution in [2.45, 2.75) is 52.5 Å². The van der Waals surface area contributed by atoms with Gasteiger partial charge in [0.05, 0.1) is 7.11 Å². The van der Waals surface area contributed by atoms with Crippen LogP contribution < -0.4 is 10.1 Å². The Morgan fingerprint density at radius 3 is 2.43 bits per heavy atom. The third-order valence-corrected chi connectivity index (χ3v) is 5.20. The summed E-state index contributed by atoms with van der Waals surface area (Å²) in [6, 6.07) is 9.13. The Morgan fingerprint density at radius 1 is 1.14 bits per heavy atom. The lowest BCUT2D eigenvalue weighted by Gasteiger charge is -2.37. The zero-order valence-electron chi connectivity index (χ0n) is 14.1. The molecule has 1 fully saturated rings. The number of ether oxygens (including phenoxy) is 1. The maximum absolute atomic E-state index is 5.29. The summed E-state index contributed by atoms with van der Waals surface area (Å²) in [5, 5.41) is 3.79. The van der Waals surface area contributed by atoms with Gasteiger partial charge < -0.3 is 10.1 Å². The average molecular weight is 289 g/mol. The second-order valence-electron chi connectivity index (χ2n) is 6.73. The molecule has 4 unspecified atom stereocenters. The van der Waals surface area contributed by atoms with Crippen LogP contribution in [0.1, 0.15) is 58.1 Å². The van der Waals surface area contributed by atoms with E-state index in [1.165, 1.54) is 31.2 Å². The molecule has 1 aliphatic carbocycles. The molecule has 2 rings (SSSR count). The van der Waals surface area contributed by atoms with Gasteiger partial charge >= 0.3 is 0 Å². The summed E-state index contributed by atoms with van der Waals surface area (Å²) in [4.78, 5) is 0. The lowest BCUT2D eigenvalue weighted by Crippen LogP contribution is -2.33. The van der Waals surface area contributed by atoms with Crippen molar-refractivity contribution in [2.75, 3.05) is 13.7 Å². The van der Waals surface area contributed by atoms with E-state index in [9.17, 15) is 0 Å². The molecule has 1 aliphatic rings. The summed E-state index contributed by atoms with van der Waals surface area (Å²) in [7, 11) is 1.73. The molecule has 0 aliphatic heterocycles. The number of benzene rings is 1. The molecule has 0 spiro atoms. The molecule has 0 aromatic heterocycles. The molecule has 4 atom stereocenters. The number of rotatable bonds is 6.